The topological polar surface area (TPSA) is 32.3 Å². The standard InChI is InChI=1S/C34H54N2O/c1-3-5-6-7-8-9-10-11-12-13-14-15-16-17-24-29-33(37)35-34(32-27-22-19-23-28-32)36(4-2)30-31-25-20-18-21-26-31/h18-23,25-28,34H,3-17,24,29-30H2,1-2H3,(H,35,37). The number of rotatable bonds is 22. The minimum absolute atomic E-state index is 0.102. The van der Waals surface area contributed by atoms with E-state index in [1.54, 1.807) is 0 Å². The lowest BCUT2D eigenvalue weighted by atomic mass is 10.0. The number of carbonyl (C=O) groups excluding carboxylic acids is 1. The first kappa shape index (κ1) is 31.1. The van der Waals surface area contributed by atoms with E-state index < -0.39 is 0 Å². The highest BCUT2D eigenvalue weighted by atomic mass is 16.1. The van der Waals surface area contributed by atoms with E-state index in [-0.39, 0.29) is 12.1 Å². The predicted molar refractivity (Wildman–Crippen MR) is 159 cm³/mol. The van der Waals surface area contributed by atoms with Gasteiger partial charge in [0.1, 0.15) is 6.17 Å². The zero-order chi connectivity index (χ0) is 26.4. The second-order valence-corrected chi connectivity index (χ2v) is 10.6. The number of hydrogen-bond donors (Lipinski definition) is 1. The Morgan fingerprint density at radius 2 is 1.11 bits per heavy atom. The van der Waals surface area contributed by atoms with E-state index in [1.165, 1.54) is 89.0 Å². The minimum atomic E-state index is -0.102. The smallest absolute Gasteiger partial charge is 0.221 e. The van der Waals surface area contributed by atoms with Gasteiger partial charge in [-0.1, -0.05) is 164 Å². The summed E-state index contributed by atoms with van der Waals surface area (Å²) in [4.78, 5) is 15.2. The Labute approximate surface area is 228 Å². The highest BCUT2D eigenvalue weighted by Crippen LogP contribution is 2.21. The molecule has 0 aromatic heterocycles. The summed E-state index contributed by atoms with van der Waals surface area (Å²) in [5, 5.41) is 3.34. The first-order valence-electron chi connectivity index (χ1n) is 15.4. The van der Waals surface area contributed by atoms with Crippen LogP contribution in [0, 0.1) is 0 Å². The molecule has 3 heteroatoms. The van der Waals surface area contributed by atoms with Crippen molar-refractivity contribution in [3.63, 3.8) is 0 Å². The third-order valence-corrected chi connectivity index (χ3v) is 7.42. The molecule has 0 aliphatic heterocycles. The highest BCUT2D eigenvalue weighted by Gasteiger charge is 2.21. The van der Waals surface area contributed by atoms with Crippen LogP contribution in [-0.2, 0) is 11.3 Å². The van der Waals surface area contributed by atoms with E-state index in [2.05, 4.69) is 72.6 Å². The molecule has 0 saturated carbocycles. The van der Waals surface area contributed by atoms with Crippen molar-refractivity contribution in [3.8, 4) is 0 Å². The van der Waals surface area contributed by atoms with Crippen LogP contribution in [0.15, 0.2) is 60.7 Å². The molecule has 0 radical (unpaired) electrons. The second kappa shape index (κ2) is 20.9. The first-order valence-corrected chi connectivity index (χ1v) is 15.4. The quantitative estimate of drug-likeness (QED) is 0.127. The van der Waals surface area contributed by atoms with Gasteiger partial charge < -0.3 is 5.32 Å². The minimum Gasteiger partial charge on any atom is -0.336 e. The van der Waals surface area contributed by atoms with Crippen molar-refractivity contribution in [3.05, 3.63) is 71.8 Å². The summed E-state index contributed by atoms with van der Waals surface area (Å²) in [6.45, 7) is 6.14. The molecule has 206 valence electrons. The van der Waals surface area contributed by atoms with Crippen LogP contribution in [0.4, 0.5) is 0 Å². The van der Waals surface area contributed by atoms with Gasteiger partial charge in [-0.15, -0.1) is 0 Å². The molecule has 0 aliphatic carbocycles. The van der Waals surface area contributed by atoms with Gasteiger partial charge in [-0.3, -0.25) is 9.69 Å². The van der Waals surface area contributed by atoms with Crippen LogP contribution in [0.25, 0.3) is 0 Å². The number of unbranched alkanes of at least 4 members (excludes halogenated alkanes) is 14. The zero-order valence-corrected chi connectivity index (χ0v) is 23.9. The largest absolute Gasteiger partial charge is 0.336 e. The van der Waals surface area contributed by atoms with Crippen molar-refractivity contribution in [2.45, 2.75) is 129 Å². The van der Waals surface area contributed by atoms with E-state index in [0.717, 1.165) is 31.5 Å². The van der Waals surface area contributed by atoms with Gasteiger partial charge in [0.15, 0.2) is 0 Å². The number of amides is 1. The molecular formula is C34H54N2O. The second-order valence-electron chi connectivity index (χ2n) is 10.6. The fraction of sp³-hybridized carbons (Fsp3) is 0.618. The summed E-state index contributed by atoms with van der Waals surface area (Å²) in [6.07, 6.45) is 20.7. The van der Waals surface area contributed by atoms with Crippen LogP contribution in [0.1, 0.15) is 134 Å². The molecule has 2 aromatic rings. The van der Waals surface area contributed by atoms with Crippen molar-refractivity contribution in [2.75, 3.05) is 6.54 Å². The average Bonchev–Trinajstić information content (AvgIpc) is 2.93. The van der Waals surface area contributed by atoms with Gasteiger partial charge in [0.25, 0.3) is 0 Å². The van der Waals surface area contributed by atoms with Gasteiger partial charge >= 0.3 is 0 Å². The van der Waals surface area contributed by atoms with Crippen LogP contribution < -0.4 is 5.32 Å². The fourth-order valence-corrected chi connectivity index (χ4v) is 5.11. The maximum absolute atomic E-state index is 12.9. The molecule has 0 saturated heterocycles. The lowest BCUT2D eigenvalue weighted by Gasteiger charge is -2.32. The third kappa shape index (κ3) is 14.4. The van der Waals surface area contributed by atoms with Crippen molar-refractivity contribution in [2.24, 2.45) is 0 Å². The van der Waals surface area contributed by atoms with E-state index in [9.17, 15) is 4.79 Å². The Morgan fingerprint density at radius 3 is 1.59 bits per heavy atom. The number of hydrogen-bond acceptors (Lipinski definition) is 2. The Morgan fingerprint density at radius 1 is 0.649 bits per heavy atom. The summed E-state index contributed by atoms with van der Waals surface area (Å²) in [5.41, 5.74) is 2.41. The molecule has 1 atom stereocenters. The fourth-order valence-electron chi connectivity index (χ4n) is 5.11. The van der Waals surface area contributed by atoms with Crippen molar-refractivity contribution >= 4 is 5.91 Å². The maximum atomic E-state index is 12.9. The van der Waals surface area contributed by atoms with Gasteiger partial charge in [0, 0.05) is 13.0 Å². The van der Waals surface area contributed by atoms with Crippen LogP contribution >= 0.6 is 0 Å². The number of nitrogens with one attached hydrogen (secondary N) is 1. The molecule has 2 rings (SSSR count). The van der Waals surface area contributed by atoms with Crippen molar-refractivity contribution in [1.29, 1.82) is 0 Å². The Bertz CT molecular complexity index is 792. The highest BCUT2D eigenvalue weighted by molar-refractivity contribution is 5.76. The van der Waals surface area contributed by atoms with E-state index in [1.807, 2.05) is 12.1 Å². The van der Waals surface area contributed by atoms with Gasteiger partial charge in [-0.2, -0.15) is 0 Å². The Kier molecular flexibility index (Phi) is 17.5. The van der Waals surface area contributed by atoms with Gasteiger partial charge in [-0.05, 0) is 24.1 Å². The molecular weight excluding hydrogens is 452 g/mol. The molecule has 0 heterocycles. The molecule has 0 fully saturated rings. The summed E-state index contributed by atoms with van der Waals surface area (Å²) >= 11 is 0. The molecule has 2 aromatic carbocycles. The number of carbonyl (C=O) groups is 1. The summed E-state index contributed by atoms with van der Waals surface area (Å²) < 4.78 is 0. The third-order valence-electron chi connectivity index (χ3n) is 7.42. The van der Waals surface area contributed by atoms with E-state index >= 15 is 0 Å². The molecule has 1 N–H and O–H groups in total. The Balaban J connectivity index is 1.60. The van der Waals surface area contributed by atoms with Crippen molar-refractivity contribution < 1.29 is 4.79 Å². The van der Waals surface area contributed by atoms with Crippen LogP contribution in [0.2, 0.25) is 0 Å². The summed E-state index contributed by atoms with van der Waals surface area (Å²) in [5.74, 6) is 0.162. The predicted octanol–water partition coefficient (Wildman–Crippen LogP) is 9.59. The maximum Gasteiger partial charge on any atom is 0.221 e. The normalized spacial score (nSPS) is 12.1. The van der Waals surface area contributed by atoms with Gasteiger partial charge in [0.2, 0.25) is 5.91 Å². The zero-order valence-electron chi connectivity index (χ0n) is 23.9. The van der Waals surface area contributed by atoms with Gasteiger partial charge in [-0.25, -0.2) is 0 Å². The van der Waals surface area contributed by atoms with Crippen LogP contribution in [0.3, 0.4) is 0 Å². The molecule has 37 heavy (non-hydrogen) atoms. The molecule has 1 unspecified atom stereocenters. The molecule has 0 aliphatic rings. The monoisotopic (exact) mass is 506 g/mol. The first-order chi connectivity index (χ1) is 18.2. The molecule has 3 nitrogen and oxygen atoms in total. The summed E-state index contributed by atoms with van der Waals surface area (Å²) in [7, 11) is 0. The van der Waals surface area contributed by atoms with Gasteiger partial charge in [0.05, 0.1) is 0 Å². The molecule has 0 spiro atoms. The van der Waals surface area contributed by atoms with Crippen molar-refractivity contribution in [1.82, 2.24) is 10.2 Å². The Hall–Kier alpha value is -2.13. The van der Waals surface area contributed by atoms with Crippen LogP contribution in [-0.4, -0.2) is 17.4 Å². The number of benzene rings is 2. The lowest BCUT2D eigenvalue weighted by Crippen LogP contribution is -2.41. The summed E-state index contributed by atoms with van der Waals surface area (Å²) in [6, 6.07) is 20.9. The lowest BCUT2D eigenvalue weighted by molar-refractivity contribution is -0.123. The SMILES string of the molecule is CCCCCCCCCCCCCCCCCC(=O)NC(c1ccccc1)N(CC)Cc1ccccc1. The average molecular weight is 507 g/mol. The van der Waals surface area contributed by atoms with E-state index in [0.29, 0.717) is 6.42 Å². The number of nitrogens with zero attached hydrogens (tertiary/aromatic N) is 1. The van der Waals surface area contributed by atoms with Crippen LogP contribution in [0.5, 0.6) is 0 Å². The van der Waals surface area contributed by atoms with E-state index in [4.69, 9.17) is 0 Å². The molecule has 1 amide bonds. The molecule has 0 bridgehead atoms.